The summed E-state index contributed by atoms with van der Waals surface area (Å²) in [6.45, 7) is 8.04. The third kappa shape index (κ3) is 4.48. The molecule has 0 aliphatic heterocycles. The Labute approximate surface area is 281 Å². The van der Waals surface area contributed by atoms with E-state index < -0.39 is 8.07 Å². The van der Waals surface area contributed by atoms with Crippen molar-refractivity contribution < 1.29 is 0 Å². The minimum Gasteiger partial charge on any atom is -0.309 e. The van der Waals surface area contributed by atoms with Gasteiger partial charge in [-0.25, -0.2) is 4.85 Å². The van der Waals surface area contributed by atoms with Crippen LogP contribution in [0.4, 0.5) is 5.69 Å². The van der Waals surface area contributed by atoms with Gasteiger partial charge in [-0.15, -0.1) is 0 Å². The first-order valence-corrected chi connectivity index (χ1v) is 18.0. The molecule has 1 heterocycles. The minimum absolute atomic E-state index is 0.550. The van der Waals surface area contributed by atoms with Gasteiger partial charge in [0.15, 0.2) is 13.8 Å². The zero-order valence-corrected chi connectivity index (χ0v) is 27.1. The highest BCUT2D eigenvalue weighted by Gasteiger charge is 2.44. The van der Waals surface area contributed by atoms with Crippen molar-refractivity contribution in [3.8, 4) is 22.9 Å². The smallest absolute Gasteiger partial charge is 0.188 e. The van der Waals surface area contributed by atoms with Crippen molar-refractivity contribution in [2.75, 3.05) is 0 Å². The molecule has 0 saturated heterocycles. The standard InChI is InChI=1S/C44H29N3Si/c1-46-33-28-29-43(47-41-26-13-11-23-37(41)38-24-12-14-27-42(38)47)40(30-33)39-25-15-16-32(31-45)44(39)48(34-17-5-2-6-18-34,35-19-7-3-8-20-35)36-21-9-4-10-22-36/h2-30H. The van der Waals surface area contributed by atoms with Crippen molar-refractivity contribution >= 4 is 56.3 Å². The second-order valence-electron chi connectivity index (χ2n) is 11.9. The molecular formula is C44H29N3Si. The number of nitrogens with zero attached hydrogens (tertiary/aromatic N) is 3. The Kier molecular flexibility index (Phi) is 7.27. The van der Waals surface area contributed by atoms with Gasteiger partial charge in [-0.1, -0.05) is 146 Å². The van der Waals surface area contributed by atoms with Gasteiger partial charge in [-0.05, 0) is 62.2 Å². The fourth-order valence-electron chi connectivity index (χ4n) is 7.46. The van der Waals surface area contributed by atoms with Gasteiger partial charge in [0, 0.05) is 10.8 Å². The van der Waals surface area contributed by atoms with E-state index in [-0.39, 0.29) is 0 Å². The number of nitriles is 1. The molecule has 0 atom stereocenters. The number of rotatable bonds is 6. The SMILES string of the molecule is [C-]#[N+]c1ccc(-n2c3ccccc3c3ccccc32)c(-c2cccc(C#N)c2[Si](c2ccccc2)(c2ccccc2)c2ccccc2)c1. The lowest BCUT2D eigenvalue weighted by Gasteiger charge is -2.37. The third-order valence-electron chi connectivity index (χ3n) is 9.40. The fourth-order valence-corrected chi connectivity index (χ4v) is 12.6. The van der Waals surface area contributed by atoms with E-state index in [1.807, 2.05) is 24.3 Å². The third-order valence-corrected chi connectivity index (χ3v) is 14.3. The molecule has 8 rings (SSSR count). The van der Waals surface area contributed by atoms with Gasteiger partial charge in [0.1, 0.15) is 0 Å². The van der Waals surface area contributed by atoms with Crippen molar-refractivity contribution in [3.05, 3.63) is 193 Å². The van der Waals surface area contributed by atoms with Crippen LogP contribution in [0.3, 0.4) is 0 Å². The van der Waals surface area contributed by atoms with Crippen LogP contribution >= 0.6 is 0 Å². The maximum absolute atomic E-state index is 10.9. The average molecular weight is 628 g/mol. The normalized spacial score (nSPS) is 11.3. The monoisotopic (exact) mass is 627 g/mol. The van der Waals surface area contributed by atoms with E-state index in [0.29, 0.717) is 11.3 Å². The zero-order valence-electron chi connectivity index (χ0n) is 26.1. The van der Waals surface area contributed by atoms with E-state index in [1.54, 1.807) is 0 Å². The predicted octanol–water partition coefficient (Wildman–Crippen LogP) is 8.25. The van der Waals surface area contributed by atoms with Gasteiger partial charge >= 0.3 is 0 Å². The van der Waals surface area contributed by atoms with Crippen LogP contribution in [0.2, 0.25) is 0 Å². The van der Waals surface area contributed by atoms with Gasteiger partial charge in [-0.3, -0.25) is 0 Å². The molecule has 0 amide bonds. The molecule has 0 spiro atoms. The lowest BCUT2D eigenvalue weighted by molar-refractivity contribution is 1.18. The number of hydrogen-bond acceptors (Lipinski definition) is 1. The average Bonchev–Trinajstić information content (AvgIpc) is 3.50. The highest BCUT2D eigenvalue weighted by Crippen LogP contribution is 2.38. The van der Waals surface area contributed by atoms with E-state index in [2.05, 4.69) is 167 Å². The Hall–Kier alpha value is -6.46. The first-order chi connectivity index (χ1) is 23.8. The summed E-state index contributed by atoms with van der Waals surface area (Å²) in [6.07, 6.45) is 0. The van der Waals surface area contributed by atoms with Crippen molar-refractivity contribution in [1.29, 1.82) is 5.26 Å². The van der Waals surface area contributed by atoms with E-state index in [4.69, 9.17) is 6.57 Å². The molecule has 0 aliphatic carbocycles. The van der Waals surface area contributed by atoms with Crippen molar-refractivity contribution in [3.63, 3.8) is 0 Å². The molecule has 0 unspecified atom stereocenters. The first kappa shape index (κ1) is 29.0. The number of benzene rings is 7. The predicted molar refractivity (Wildman–Crippen MR) is 201 cm³/mol. The molecule has 3 nitrogen and oxygen atoms in total. The lowest BCUT2D eigenvalue weighted by Crippen LogP contribution is -2.75. The highest BCUT2D eigenvalue weighted by molar-refractivity contribution is 7.20. The quantitative estimate of drug-likeness (QED) is 0.104. The van der Waals surface area contributed by atoms with E-state index in [1.165, 1.54) is 26.3 Å². The molecule has 7 aromatic carbocycles. The van der Waals surface area contributed by atoms with Crippen LogP contribution in [0.1, 0.15) is 5.56 Å². The molecular weight excluding hydrogens is 599 g/mol. The summed E-state index contributed by atoms with van der Waals surface area (Å²) in [6, 6.07) is 63.7. The summed E-state index contributed by atoms with van der Waals surface area (Å²) in [4.78, 5) is 3.90. The molecule has 4 heteroatoms. The van der Waals surface area contributed by atoms with Gasteiger partial charge < -0.3 is 4.57 Å². The molecule has 48 heavy (non-hydrogen) atoms. The summed E-state index contributed by atoms with van der Waals surface area (Å²) < 4.78 is 2.31. The summed E-state index contributed by atoms with van der Waals surface area (Å²) in [5, 5.41) is 17.9. The van der Waals surface area contributed by atoms with Gasteiger partial charge in [0.2, 0.25) is 0 Å². The largest absolute Gasteiger partial charge is 0.309 e. The molecule has 8 aromatic rings. The molecule has 0 N–H and O–H groups in total. The molecule has 0 radical (unpaired) electrons. The molecule has 0 bridgehead atoms. The van der Waals surface area contributed by atoms with E-state index in [9.17, 15) is 5.26 Å². The number of hydrogen-bond donors (Lipinski definition) is 0. The zero-order chi connectivity index (χ0) is 32.5. The Morgan fingerprint density at radius 1 is 0.521 bits per heavy atom. The van der Waals surface area contributed by atoms with Crippen molar-refractivity contribution in [2.24, 2.45) is 0 Å². The molecule has 0 saturated carbocycles. The Morgan fingerprint density at radius 2 is 1.02 bits per heavy atom. The Balaban J connectivity index is 1.57. The summed E-state index contributed by atoms with van der Waals surface area (Å²) in [5.74, 6) is 0. The Morgan fingerprint density at radius 3 is 1.52 bits per heavy atom. The number of aromatic nitrogens is 1. The summed E-state index contributed by atoms with van der Waals surface area (Å²) in [5.41, 5.74) is 6.21. The summed E-state index contributed by atoms with van der Waals surface area (Å²) >= 11 is 0. The van der Waals surface area contributed by atoms with Crippen LogP contribution in [0, 0.1) is 17.9 Å². The van der Waals surface area contributed by atoms with Crippen molar-refractivity contribution in [2.45, 2.75) is 0 Å². The second-order valence-corrected chi connectivity index (χ2v) is 15.6. The fraction of sp³-hybridized carbons (Fsp3) is 0. The van der Waals surface area contributed by atoms with E-state index in [0.717, 1.165) is 33.0 Å². The lowest BCUT2D eigenvalue weighted by atomic mass is 10.00. The highest BCUT2D eigenvalue weighted by atomic mass is 28.3. The molecule has 0 aliphatic rings. The van der Waals surface area contributed by atoms with Gasteiger partial charge in [0.25, 0.3) is 0 Å². The van der Waals surface area contributed by atoms with E-state index >= 15 is 0 Å². The molecule has 224 valence electrons. The van der Waals surface area contributed by atoms with Crippen LogP contribution < -0.4 is 20.7 Å². The minimum atomic E-state index is -3.14. The van der Waals surface area contributed by atoms with Gasteiger partial charge in [0.05, 0.1) is 34.9 Å². The topological polar surface area (TPSA) is 33.1 Å². The second kappa shape index (κ2) is 12.0. The first-order valence-electron chi connectivity index (χ1n) is 16.0. The van der Waals surface area contributed by atoms with Crippen LogP contribution in [0.25, 0.3) is 43.5 Å². The maximum Gasteiger partial charge on any atom is 0.188 e. The summed E-state index contributed by atoms with van der Waals surface area (Å²) in [7, 11) is -3.14. The van der Waals surface area contributed by atoms with Crippen LogP contribution in [0.15, 0.2) is 176 Å². The van der Waals surface area contributed by atoms with Crippen LogP contribution in [-0.2, 0) is 0 Å². The van der Waals surface area contributed by atoms with Crippen molar-refractivity contribution in [1.82, 2.24) is 4.57 Å². The molecule has 1 aromatic heterocycles. The number of fused-ring (bicyclic) bond motifs is 3. The van der Waals surface area contributed by atoms with Gasteiger partial charge in [-0.2, -0.15) is 5.26 Å². The van der Waals surface area contributed by atoms with Crippen LogP contribution in [0.5, 0.6) is 0 Å². The number of para-hydroxylation sites is 2. The Bertz CT molecular complexity index is 2370. The van der Waals surface area contributed by atoms with Crippen LogP contribution in [-0.4, -0.2) is 12.6 Å². The molecule has 0 fully saturated rings. The maximum atomic E-state index is 10.9.